The van der Waals surface area contributed by atoms with Gasteiger partial charge in [-0.1, -0.05) is 12.1 Å². The molecule has 5 nitrogen and oxygen atoms in total. The normalized spacial score (nSPS) is 14.6. The van der Waals surface area contributed by atoms with E-state index in [1.54, 1.807) is 20.8 Å². The average Bonchev–Trinajstić information content (AvgIpc) is 2.53. The van der Waals surface area contributed by atoms with Gasteiger partial charge in [-0.25, -0.2) is 9.18 Å². The molecular weight excluding hydrogens is 323 g/mol. The summed E-state index contributed by atoms with van der Waals surface area (Å²) in [6.45, 7) is 6.07. The van der Waals surface area contributed by atoms with Gasteiger partial charge in [0.05, 0.1) is 6.33 Å². The zero-order valence-corrected chi connectivity index (χ0v) is 14.9. The van der Waals surface area contributed by atoms with Crippen LogP contribution in [0.25, 0.3) is 0 Å². The van der Waals surface area contributed by atoms with Crippen molar-refractivity contribution in [3.8, 4) is 0 Å². The number of fused-ring (bicyclic) bond motifs is 1. The monoisotopic (exact) mass is 348 g/mol. The van der Waals surface area contributed by atoms with Gasteiger partial charge >= 0.3 is 6.09 Å². The summed E-state index contributed by atoms with van der Waals surface area (Å²) < 4.78 is 18.2. The van der Waals surface area contributed by atoms with Crippen LogP contribution in [0.5, 0.6) is 0 Å². The highest BCUT2D eigenvalue weighted by molar-refractivity contribution is 5.96. The fraction of sp³-hybridized carbons (Fsp3) is 0.474. The minimum Gasteiger partial charge on any atom is -0.444 e. The Morgan fingerprint density at radius 1 is 1.40 bits per heavy atom. The second-order valence-corrected chi connectivity index (χ2v) is 7.12. The molecule has 0 aliphatic carbocycles. The zero-order valence-electron chi connectivity index (χ0n) is 14.9. The number of benzene rings is 1. The number of alkyl carbamates (subject to hydrolysis) is 1. The van der Waals surface area contributed by atoms with Crippen LogP contribution in [0.3, 0.4) is 0 Å². The molecule has 2 rings (SSSR count). The Morgan fingerprint density at radius 2 is 2.16 bits per heavy atom. The summed E-state index contributed by atoms with van der Waals surface area (Å²) in [5, 5.41) is 5.37. The number of carbonyl (C=O) groups is 2. The van der Waals surface area contributed by atoms with E-state index in [-0.39, 0.29) is 12.5 Å². The predicted octanol–water partition coefficient (Wildman–Crippen LogP) is 3.28. The first-order valence-electron chi connectivity index (χ1n) is 8.43. The fourth-order valence-electron chi connectivity index (χ4n) is 2.62. The van der Waals surface area contributed by atoms with Gasteiger partial charge in [-0.3, -0.25) is 4.79 Å². The molecule has 0 radical (unpaired) electrons. The highest BCUT2D eigenvalue weighted by atomic mass is 19.1. The van der Waals surface area contributed by atoms with Crippen LogP contribution in [-0.2, 0) is 17.6 Å². The molecule has 2 amide bonds. The van der Waals surface area contributed by atoms with E-state index in [1.807, 2.05) is 18.2 Å². The highest BCUT2D eigenvalue weighted by Gasteiger charge is 2.17. The molecule has 25 heavy (non-hydrogen) atoms. The van der Waals surface area contributed by atoms with Crippen LogP contribution < -0.4 is 10.6 Å². The van der Waals surface area contributed by atoms with Gasteiger partial charge in [-0.15, -0.1) is 0 Å². The molecule has 1 aromatic carbocycles. The quantitative estimate of drug-likeness (QED) is 0.858. The molecule has 0 bridgehead atoms. The van der Waals surface area contributed by atoms with Crippen LogP contribution in [0.1, 0.15) is 48.7 Å². The summed E-state index contributed by atoms with van der Waals surface area (Å²) in [7, 11) is 0. The average molecular weight is 348 g/mol. The summed E-state index contributed by atoms with van der Waals surface area (Å²) in [6, 6.07) is 5.71. The number of nitrogens with one attached hydrogen (secondary N) is 2. The Morgan fingerprint density at radius 3 is 2.84 bits per heavy atom. The summed E-state index contributed by atoms with van der Waals surface area (Å²) in [6.07, 6.45) is 1.90. The van der Waals surface area contributed by atoms with Crippen molar-refractivity contribution in [2.75, 3.05) is 13.1 Å². The van der Waals surface area contributed by atoms with Gasteiger partial charge in [0.2, 0.25) is 0 Å². The molecule has 2 N–H and O–H groups in total. The molecule has 0 aromatic heterocycles. The molecule has 0 unspecified atom stereocenters. The molecule has 6 heteroatoms. The second-order valence-electron chi connectivity index (χ2n) is 7.12. The number of carbonyl (C=O) groups excluding carboxylic acids is 2. The van der Waals surface area contributed by atoms with Gasteiger partial charge in [0.1, 0.15) is 5.60 Å². The Labute approximate surface area is 147 Å². The van der Waals surface area contributed by atoms with Crippen LogP contribution in [-0.4, -0.2) is 30.7 Å². The molecule has 136 valence electrons. The minimum atomic E-state index is -0.584. The first-order chi connectivity index (χ1) is 11.8. The molecular formula is C19H25FN2O3. The maximum absolute atomic E-state index is 13.1. The second kappa shape index (κ2) is 8.14. The van der Waals surface area contributed by atoms with Crippen LogP contribution in [0, 0.1) is 0 Å². The summed E-state index contributed by atoms with van der Waals surface area (Å²) in [5.74, 6) is -0.0429. The van der Waals surface area contributed by atoms with Crippen molar-refractivity contribution in [3.63, 3.8) is 0 Å². The van der Waals surface area contributed by atoms with E-state index in [1.165, 1.54) is 0 Å². The van der Waals surface area contributed by atoms with Crippen molar-refractivity contribution >= 4 is 12.0 Å². The lowest BCUT2D eigenvalue weighted by molar-refractivity contribution is 0.0532. The molecule has 0 spiro atoms. The number of aryl methyl sites for hydroxylation is 1. The maximum Gasteiger partial charge on any atom is 0.407 e. The van der Waals surface area contributed by atoms with Gasteiger partial charge in [0.25, 0.3) is 5.91 Å². The summed E-state index contributed by atoms with van der Waals surface area (Å²) in [4.78, 5) is 23.4. The number of hydrogen-bond acceptors (Lipinski definition) is 3. The smallest absolute Gasteiger partial charge is 0.407 e. The Kier molecular flexibility index (Phi) is 6.17. The molecule has 0 saturated heterocycles. The Bertz CT molecular complexity index is 678. The maximum atomic E-state index is 13.1. The number of hydrogen-bond donors (Lipinski definition) is 2. The topological polar surface area (TPSA) is 67.4 Å². The molecule has 1 heterocycles. The van der Waals surface area contributed by atoms with E-state index in [2.05, 4.69) is 10.6 Å². The van der Waals surface area contributed by atoms with Crippen molar-refractivity contribution in [2.45, 2.75) is 45.6 Å². The van der Waals surface area contributed by atoms with Crippen LogP contribution in [0.2, 0.25) is 0 Å². The van der Waals surface area contributed by atoms with Crippen LogP contribution in [0.15, 0.2) is 30.1 Å². The lowest BCUT2D eigenvalue weighted by Gasteiger charge is -2.20. The lowest BCUT2D eigenvalue weighted by atomic mass is 9.95. The van der Waals surface area contributed by atoms with Crippen molar-refractivity contribution in [3.05, 3.63) is 46.8 Å². The van der Waals surface area contributed by atoms with E-state index < -0.39 is 11.7 Å². The molecule has 0 saturated carbocycles. The first kappa shape index (κ1) is 19.0. The minimum absolute atomic E-state index is 0.0429. The van der Waals surface area contributed by atoms with E-state index in [0.29, 0.717) is 36.9 Å². The third-order valence-electron chi connectivity index (χ3n) is 3.84. The van der Waals surface area contributed by atoms with Gasteiger partial charge in [-0.05, 0) is 62.8 Å². The number of halogens is 1. The summed E-state index contributed by atoms with van der Waals surface area (Å²) in [5.41, 5.74) is 2.69. The zero-order chi connectivity index (χ0) is 18.4. The number of rotatable bonds is 5. The van der Waals surface area contributed by atoms with Crippen LogP contribution in [0.4, 0.5) is 9.18 Å². The molecule has 0 atom stereocenters. The van der Waals surface area contributed by atoms with E-state index in [4.69, 9.17) is 4.74 Å². The lowest BCUT2D eigenvalue weighted by Crippen LogP contribution is -2.33. The van der Waals surface area contributed by atoms with Crippen molar-refractivity contribution in [1.29, 1.82) is 0 Å². The van der Waals surface area contributed by atoms with E-state index >= 15 is 0 Å². The Hall–Kier alpha value is -2.37. The molecule has 1 aromatic rings. The van der Waals surface area contributed by atoms with Crippen molar-refractivity contribution in [2.24, 2.45) is 0 Å². The molecule has 0 fully saturated rings. The predicted molar refractivity (Wildman–Crippen MR) is 94.2 cm³/mol. The molecule has 1 aliphatic heterocycles. The third-order valence-corrected chi connectivity index (χ3v) is 3.84. The van der Waals surface area contributed by atoms with Gasteiger partial charge in [0, 0.05) is 18.7 Å². The van der Waals surface area contributed by atoms with Gasteiger partial charge < -0.3 is 15.4 Å². The standard InChI is InChI=1S/C19H25FN2O3/c1-19(2,3)25-18(24)22-12-14(11-20)5-4-13-6-7-16-15(10-13)8-9-21-17(16)23/h6-7,10-11H,4-5,8-9,12H2,1-3H3,(H,21,23)(H,22,24). The van der Waals surface area contributed by atoms with Crippen LogP contribution >= 0.6 is 0 Å². The van der Waals surface area contributed by atoms with Crippen molar-refractivity contribution in [1.82, 2.24) is 10.6 Å². The summed E-state index contributed by atoms with van der Waals surface area (Å²) >= 11 is 0. The number of amides is 2. The number of ether oxygens (including phenoxy) is 1. The SMILES string of the molecule is CC(C)(C)OC(=O)NCC(=CF)CCc1ccc2c(c1)CCNC2=O. The van der Waals surface area contributed by atoms with E-state index in [0.717, 1.165) is 17.5 Å². The molecule has 1 aliphatic rings. The van der Waals surface area contributed by atoms with Gasteiger partial charge in [0.15, 0.2) is 0 Å². The van der Waals surface area contributed by atoms with Crippen molar-refractivity contribution < 1.29 is 18.7 Å². The first-order valence-corrected chi connectivity index (χ1v) is 8.43. The van der Waals surface area contributed by atoms with Gasteiger partial charge in [-0.2, -0.15) is 0 Å². The fourth-order valence-corrected chi connectivity index (χ4v) is 2.62. The highest BCUT2D eigenvalue weighted by Crippen LogP contribution is 2.18. The Balaban J connectivity index is 1.87. The van der Waals surface area contributed by atoms with E-state index in [9.17, 15) is 14.0 Å². The third kappa shape index (κ3) is 5.89. The largest absolute Gasteiger partial charge is 0.444 e.